The predicted octanol–water partition coefficient (Wildman–Crippen LogP) is 3.60. The van der Waals surface area contributed by atoms with Crippen LogP contribution in [0.15, 0.2) is 12.1 Å². The maximum Gasteiger partial charge on any atom is 0.254 e. The molecule has 0 aliphatic carbocycles. The fourth-order valence-electron chi connectivity index (χ4n) is 3.47. The van der Waals surface area contributed by atoms with Crippen molar-refractivity contribution in [3.8, 4) is 5.75 Å². The lowest BCUT2D eigenvalue weighted by Crippen LogP contribution is -2.37. The molecule has 5 heteroatoms. The van der Waals surface area contributed by atoms with Gasteiger partial charge in [0.15, 0.2) is 0 Å². The summed E-state index contributed by atoms with van der Waals surface area (Å²) in [7, 11) is 1.67. The minimum absolute atomic E-state index is 0.0526. The lowest BCUT2D eigenvalue weighted by molar-refractivity contribution is -0.131. The topological polar surface area (TPSA) is 49.9 Å². The second-order valence-corrected chi connectivity index (χ2v) is 7.34. The summed E-state index contributed by atoms with van der Waals surface area (Å²) in [5.41, 5.74) is 2.72. The molecule has 1 aliphatic heterocycles. The second kappa shape index (κ2) is 9.06. The number of benzene rings is 1. The molecule has 0 N–H and O–H groups in total. The Balaban J connectivity index is 2.18. The maximum atomic E-state index is 13.1. The highest BCUT2D eigenvalue weighted by atomic mass is 16.5. The maximum absolute atomic E-state index is 13.1. The molecule has 1 fully saturated rings. The van der Waals surface area contributed by atoms with Gasteiger partial charge in [0.1, 0.15) is 5.75 Å². The van der Waals surface area contributed by atoms with E-state index in [0.717, 1.165) is 41.8 Å². The normalized spacial score (nSPS) is 15.2. The largest absolute Gasteiger partial charge is 0.496 e. The molecule has 1 aliphatic rings. The van der Waals surface area contributed by atoms with E-state index < -0.39 is 0 Å². The molecule has 144 valence electrons. The van der Waals surface area contributed by atoms with Gasteiger partial charge in [-0.1, -0.05) is 20.8 Å². The fraction of sp³-hybridized carbons (Fsp3) is 0.619. The average Bonchev–Trinajstić information content (AvgIpc) is 2.87. The first-order valence-electron chi connectivity index (χ1n) is 9.64. The van der Waals surface area contributed by atoms with Gasteiger partial charge in [-0.2, -0.15) is 0 Å². The first-order chi connectivity index (χ1) is 12.4. The van der Waals surface area contributed by atoms with E-state index in [4.69, 9.17) is 4.74 Å². The van der Waals surface area contributed by atoms with E-state index in [1.807, 2.05) is 35.8 Å². The molecule has 0 bridgehead atoms. The quantitative estimate of drug-likeness (QED) is 0.806. The number of nitrogens with zero attached hydrogens (tertiary/aromatic N) is 2. The summed E-state index contributed by atoms with van der Waals surface area (Å²) in [4.78, 5) is 29.1. The number of carbonyl (C=O) groups is 2. The molecule has 0 unspecified atom stereocenters. The van der Waals surface area contributed by atoms with Crippen LogP contribution in [-0.2, 0) is 4.79 Å². The van der Waals surface area contributed by atoms with Crippen molar-refractivity contribution in [3.63, 3.8) is 0 Å². The van der Waals surface area contributed by atoms with Crippen molar-refractivity contribution in [2.75, 3.05) is 33.3 Å². The Morgan fingerprint density at radius 3 is 2.38 bits per heavy atom. The van der Waals surface area contributed by atoms with Gasteiger partial charge >= 0.3 is 0 Å². The molecule has 0 radical (unpaired) electrons. The minimum atomic E-state index is 0.0526. The fourth-order valence-corrected chi connectivity index (χ4v) is 3.47. The lowest BCUT2D eigenvalue weighted by atomic mass is 9.95. The molecule has 0 saturated carbocycles. The molecule has 1 aromatic carbocycles. The summed E-state index contributed by atoms with van der Waals surface area (Å²) in [6.45, 7) is 10.8. The van der Waals surface area contributed by atoms with Crippen LogP contribution in [-0.4, -0.2) is 54.9 Å². The molecule has 0 aromatic heterocycles. The van der Waals surface area contributed by atoms with Crippen molar-refractivity contribution in [1.29, 1.82) is 0 Å². The van der Waals surface area contributed by atoms with E-state index in [9.17, 15) is 9.59 Å². The third kappa shape index (κ3) is 4.57. The number of methoxy groups -OCH3 is 1. The number of hydrogen-bond acceptors (Lipinski definition) is 3. The highest BCUT2D eigenvalue weighted by molar-refractivity contribution is 5.96. The smallest absolute Gasteiger partial charge is 0.254 e. The number of carbonyl (C=O) groups excluding carboxylic acids is 2. The summed E-state index contributed by atoms with van der Waals surface area (Å²) >= 11 is 0. The Morgan fingerprint density at radius 1 is 1.12 bits per heavy atom. The summed E-state index contributed by atoms with van der Waals surface area (Å²) in [6, 6.07) is 3.93. The molecule has 1 saturated heterocycles. The van der Waals surface area contributed by atoms with Crippen LogP contribution in [0.1, 0.15) is 67.4 Å². The minimum Gasteiger partial charge on any atom is -0.496 e. The number of rotatable bonds is 5. The molecule has 0 spiro atoms. The molecular weight excluding hydrogens is 328 g/mol. The van der Waals surface area contributed by atoms with Crippen molar-refractivity contribution in [1.82, 2.24) is 9.80 Å². The van der Waals surface area contributed by atoms with Crippen molar-refractivity contribution in [2.24, 2.45) is 0 Å². The molecule has 5 nitrogen and oxygen atoms in total. The SMILES string of the molecule is CCCC(=O)N1CCCN(C(=O)c2cc(C(C)C)c(OC)cc2C)CC1. The van der Waals surface area contributed by atoms with Gasteiger partial charge in [-0.3, -0.25) is 9.59 Å². The highest BCUT2D eigenvalue weighted by Gasteiger charge is 2.24. The zero-order valence-corrected chi connectivity index (χ0v) is 16.8. The second-order valence-electron chi connectivity index (χ2n) is 7.34. The summed E-state index contributed by atoms with van der Waals surface area (Å²) in [6.07, 6.45) is 2.28. The molecule has 1 heterocycles. The van der Waals surface area contributed by atoms with Gasteiger partial charge in [0.2, 0.25) is 5.91 Å². The van der Waals surface area contributed by atoms with Crippen LogP contribution in [0.25, 0.3) is 0 Å². The van der Waals surface area contributed by atoms with Crippen molar-refractivity contribution < 1.29 is 14.3 Å². The van der Waals surface area contributed by atoms with Gasteiger partial charge < -0.3 is 14.5 Å². The van der Waals surface area contributed by atoms with Crippen LogP contribution < -0.4 is 4.74 Å². The predicted molar refractivity (Wildman–Crippen MR) is 104 cm³/mol. The third-order valence-electron chi connectivity index (χ3n) is 5.03. The number of amides is 2. The molecule has 2 rings (SSSR count). The van der Waals surface area contributed by atoms with Gasteiger partial charge in [0.05, 0.1) is 7.11 Å². The summed E-state index contributed by atoms with van der Waals surface area (Å²) < 4.78 is 5.48. The van der Waals surface area contributed by atoms with Gasteiger partial charge in [0, 0.05) is 38.2 Å². The molecule has 2 amide bonds. The summed E-state index contributed by atoms with van der Waals surface area (Å²) in [5.74, 6) is 1.37. The Labute approximate surface area is 157 Å². The standard InChI is InChI=1S/C21H32N2O3/c1-6-8-20(24)22-9-7-10-23(12-11-22)21(25)18-14-17(15(2)3)19(26-5)13-16(18)4/h13-15H,6-12H2,1-5H3. The van der Waals surface area contributed by atoms with Crippen molar-refractivity contribution in [2.45, 2.75) is 52.9 Å². The van der Waals surface area contributed by atoms with Gasteiger partial charge in [-0.15, -0.1) is 0 Å². The molecule has 1 aromatic rings. The van der Waals surface area contributed by atoms with Crippen LogP contribution in [0.2, 0.25) is 0 Å². The molecule has 0 atom stereocenters. The lowest BCUT2D eigenvalue weighted by Gasteiger charge is -2.24. The Bertz CT molecular complexity index is 655. The van der Waals surface area contributed by atoms with E-state index in [0.29, 0.717) is 26.1 Å². The Morgan fingerprint density at radius 2 is 1.77 bits per heavy atom. The van der Waals surface area contributed by atoms with Crippen molar-refractivity contribution >= 4 is 11.8 Å². The van der Waals surface area contributed by atoms with Crippen LogP contribution in [0, 0.1) is 6.92 Å². The van der Waals surface area contributed by atoms with Crippen molar-refractivity contribution in [3.05, 3.63) is 28.8 Å². The third-order valence-corrected chi connectivity index (χ3v) is 5.03. The van der Waals surface area contributed by atoms with Gasteiger partial charge in [-0.05, 0) is 48.9 Å². The number of aryl methyl sites for hydroxylation is 1. The van der Waals surface area contributed by atoms with Crippen LogP contribution >= 0.6 is 0 Å². The van der Waals surface area contributed by atoms with E-state index in [1.54, 1.807) is 7.11 Å². The van der Waals surface area contributed by atoms with E-state index in [2.05, 4.69) is 13.8 Å². The molecule has 26 heavy (non-hydrogen) atoms. The Kier molecular flexibility index (Phi) is 7.06. The van der Waals surface area contributed by atoms with E-state index in [-0.39, 0.29) is 17.7 Å². The monoisotopic (exact) mass is 360 g/mol. The van der Waals surface area contributed by atoms with Crippen LogP contribution in [0.3, 0.4) is 0 Å². The highest BCUT2D eigenvalue weighted by Crippen LogP contribution is 2.30. The zero-order chi connectivity index (χ0) is 19.3. The van der Waals surface area contributed by atoms with Gasteiger partial charge in [0.25, 0.3) is 5.91 Å². The average molecular weight is 360 g/mol. The first-order valence-corrected chi connectivity index (χ1v) is 9.64. The van der Waals surface area contributed by atoms with E-state index in [1.165, 1.54) is 0 Å². The van der Waals surface area contributed by atoms with Crippen LogP contribution in [0.4, 0.5) is 0 Å². The van der Waals surface area contributed by atoms with Gasteiger partial charge in [-0.25, -0.2) is 0 Å². The number of ether oxygens (including phenoxy) is 1. The zero-order valence-electron chi connectivity index (χ0n) is 16.8. The Hall–Kier alpha value is -2.04. The summed E-state index contributed by atoms with van der Waals surface area (Å²) in [5, 5.41) is 0. The van der Waals surface area contributed by atoms with E-state index >= 15 is 0 Å². The molecular formula is C21H32N2O3. The van der Waals surface area contributed by atoms with Crippen LogP contribution in [0.5, 0.6) is 5.75 Å². The number of hydrogen-bond donors (Lipinski definition) is 0. The first kappa shape index (κ1) is 20.3.